The predicted octanol–water partition coefficient (Wildman–Crippen LogP) is 6.65. The average molecular weight is 569 g/mol. The molecule has 0 saturated heterocycles. The van der Waals surface area contributed by atoms with E-state index < -0.39 is 40.4 Å². The molecule has 39 heavy (non-hydrogen) atoms. The topological polar surface area (TPSA) is 77.4 Å². The van der Waals surface area contributed by atoms with Gasteiger partial charge < -0.3 is 29.2 Å². The quantitative estimate of drug-likeness (QED) is 0.234. The van der Waals surface area contributed by atoms with Crippen LogP contribution in [-0.4, -0.2) is 48.7 Å². The first-order valence-electron chi connectivity index (χ1n) is 12.4. The number of halogens is 6. The molecule has 220 valence electrons. The second-order valence-electron chi connectivity index (χ2n) is 8.57. The van der Waals surface area contributed by atoms with Crippen LogP contribution in [0.25, 0.3) is 0 Å². The summed E-state index contributed by atoms with van der Waals surface area (Å²) in [5.41, 5.74) is -7.47. The summed E-state index contributed by atoms with van der Waals surface area (Å²) < 4.78 is 110. The van der Waals surface area contributed by atoms with Crippen LogP contribution in [0, 0.1) is 0 Å². The molecular formula is C27H34F6O6. The zero-order chi connectivity index (χ0) is 29.4. The minimum Gasteiger partial charge on any atom is -0.507 e. The average Bonchev–Trinajstić information content (AvgIpc) is 2.89. The zero-order valence-corrected chi connectivity index (χ0v) is 22.3. The number of benzene rings is 2. The van der Waals surface area contributed by atoms with Crippen LogP contribution in [0.5, 0.6) is 11.5 Å². The van der Waals surface area contributed by atoms with Crippen LogP contribution in [0.15, 0.2) is 24.3 Å². The Kier molecular flexibility index (Phi) is 11.5. The molecule has 12 heteroatoms. The van der Waals surface area contributed by atoms with Gasteiger partial charge in [0.1, 0.15) is 11.5 Å². The van der Waals surface area contributed by atoms with Crippen molar-refractivity contribution in [1.82, 2.24) is 0 Å². The molecule has 0 heterocycles. The molecule has 0 aliphatic carbocycles. The first kappa shape index (κ1) is 32.7. The summed E-state index contributed by atoms with van der Waals surface area (Å²) in [6.45, 7) is 5.40. The Hall–Kier alpha value is -2.54. The Morgan fingerprint density at radius 3 is 1.00 bits per heavy atom. The summed E-state index contributed by atoms with van der Waals surface area (Å²) in [5.74, 6) is -6.90. The van der Waals surface area contributed by atoms with Gasteiger partial charge in [-0.3, -0.25) is 0 Å². The summed E-state index contributed by atoms with van der Waals surface area (Å²) in [6.07, 6.45) is -6.32. The summed E-state index contributed by atoms with van der Waals surface area (Å²) in [5, 5.41) is 21.3. The number of aromatic hydroxyl groups is 2. The summed E-state index contributed by atoms with van der Waals surface area (Å²) in [6, 6.07) is 2.88. The van der Waals surface area contributed by atoms with Crippen LogP contribution >= 0.6 is 0 Å². The van der Waals surface area contributed by atoms with E-state index in [2.05, 4.69) is 0 Å². The lowest BCUT2D eigenvalue weighted by atomic mass is 9.79. The second-order valence-corrected chi connectivity index (χ2v) is 8.57. The number of ether oxygens (including phenoxy) is 4. The molecule has 0 saturated carbocycles. The molecule has 0 amide bonds. The summed E-state index contributed by atoms with van der Waals surface area (Å²) in [4.78, 5) is 0. The van der Waals surface area contributed by atoms with Crippen molar-refractivity contribution >= 4 is 0 Å². The van der Waals surface area contributed by atoms with E-state index in [1.807, 2.05) is 0 Å². The number of hydrogen-bond acceptors (Lipinski definition) is 6. The van der Waals surface area contributed by atoms with E-state index in [0.29, 0.717) is 0 Å². The van der Waals surface area contributed by atoms with Gasteiger partial charge in [0.05, 0.1) is 26.4 Å². The van der Waals surface area contributed by atoms with E-state index in [4.69, 9.17) is 18.9 Å². The molecule has 2 rings (SSSR count). The molecule has 0 radical (unpaired) electrons. The Morgan fingerprint density at radius 1 is 0.538 bits per heavy atom. The molecule has 0 aliphatic rings. The predicted molar refractivity (Wildman–Crippen MR) is 130 cm³/mol. The molecular weight excluding hydrogens is 534 g/mol. The molecule has 0 aliphatic heterocycles. The van der Waals surface area contributed by atoms with Gasteiger partial charge >= 0.3 is 12.1 Å². The monoisotopic (exact) mass is 568 g/mol. The Balaban J connectivity index is 2.98. The summed E-state index contributed by atoms with van der Waals surface area (Å²) in [7, 11) is 0. The van der Waals surface area contributed by atoms with Crippen LogP contribution in [0.2, 0.25) is 0 Å². The van der Waals surface area contributed by atoms with E-state index in [9.17, 15) is 23.4 Å². The Labute approximate surface area is 223 Å². The smallest absolute Gasteiger partial charge is 0.457 e. The van der Waals surface area contributed by atoms with Gasteiger partial charge in [-0.25, -0.2) is 4.39 Å². The molecule has 2 N–H and O–H groups in total. The number of alkyl halides is 6. The molecule has 0 bridgehead atoms. The zero-order valence-electron chi connectivity index (χ0n) is 22.3. The second kappa shape index (κ2) is 13.7. The van der Waals surface area contributed by atoms with E-state index in [1.165, 1.54) is 0 Å². The number of phenolic OH excluding ortho intramolecular Hbond substituents is 2. The minimum atomic E-state index is -6.32. The van der Waals surface area contributed by atoms with Gasteiger partial charge in [-0.15, -0.1) is 0 Å². The van der Waals surface area contributed by atoms with E-state index in [-0.39, 0.29) is 75.1 Å². The largest absolute Gasteiger partial charge is 0.507 e. The van der Waals surface area contributed by atoms with Crippen molar-refractivity contribution in [2.75, 3.05) is 26.4 Å². The molecule has 0 unspecified atom stereocenters. The maximum atomic E-state index is 17.0. The molecule has 0 spiro atoms. The molecule has 0 atom stereocenters. The van der Waals surface area contributed by atoms with Gasteiger partial charge in [-0.05, 0) is 52.0 Å². The Morgan fingerprint density at radius 2 is 0.795 bits per heavy atom. The molecule has 2 aromatic rings. The van der Waals surface area contributed by atoms with Crippen LogP contribution in [0.1, 0.15) is 61.1 Å². The third kappa shape index (κ3) is 6.97. The third-order valence-corrected chi connectivity index (χ3v) is 5.97. The van der Waals surface area contributed by atoms with Gasteiger partial charge in [0.15, 0.2) is 0 Å². The molecule has 2 aromatic carbocycles. The van der Waals surface area contributed by atoms with Crippen LogP contribution in [0.3, 0.4) is 0 Å². The van der Waals surface area contributed by atoms with Gasteiger partial charge in [-0.1, -0.05) is 0 Å². The fourth-order valence-corrected chi connectivity index (χ4v) is 3.93. The highest BCUT2D eigenvalue weighted by Gasteiger charge is 2.72. The van der Waals surface area contributed by atoms with Crippen molar-refractivity contribution in [2.24, 2.45) is 0 Å². The number of rotatable bonds is 15. The Bertz CT molecular complexity index is 961. The fourth-order valence-electron chi connectivity index (χ4n) is 3.93. The summed E-state index contributed by atoms with van der Waals surface area (Å²) >= 11 is 0. The van der Waals surface area contributed by atoms with Crippen molar-refractivity contribution < 1.29 is 55.5 Å². The lowest BCUT2D eigenvalue weighted by molar-refractivity contribution is -0.323. The first-order chi connectivity index (χ1) is 18.3. The highest BCUT2D eigenvalue weighted by atomic mass is 19.4. The van der Waals surface area contributed by atoms with Gasteiger partial charge in [0, 0.05) is 59.8 Å². The highest BCUT2D eigenvalue weighted by Crippen LogP contribution is 2.55. The van der Waals surface area contributed by atoms with Crippen LogP contribution < -0.4 is 0 Å². The highest BCUT2D eigenvalue weighted by molar-refractivity contribution is 5.53. The number of phenols is 2. The molecule has 0 fully saturated rings. The van der Waals surface area contributed by atoms with Crippen molar-refractivity contribution in [3.05, 3.63) is 57.6 Å². The van der Waals surface area contributed by atoms with Gasteiger partial charge in [0.2, 0.25) is 5.67 Å². The standard InChI is InChI=1S/C27H34F6O6/c1-5-36-13-17-9-21(10-18(23(17)34)14-37-6-2)25(28,26(29,30)27(31,32)33)22-11-19(15-38-7-3)24(35)20(12-22)16-39-8-4/h9-12,34-35H,5-8,13-16H2,1-4H3. The third-order valence-electron chi connectivity index (χ3n) is 5.97. The van der Waals surface area contributed by atoms with Crippen molar-refractivity contribution in [1.29, 1.82) is 0 Å². The van der Waals surface area contributed by atoms with E-state index in [0.717, 1.165) is 24.3 Å². The van der Waals surface area contributed by atoms with E-state index in [1.54, 1.807) is 27.7 Å². The maximum absolute atomic E-state index is 17.0. The normalized spacial score (nSPS) is 12.8. The fraction of sp³-hybridized carbons (Fsp3) is 0.556. The van der Waals surface area contributed by atoms with E-state index >= 15 is 13.2 Å². The van der Waals surface area contributed by atoms with Crippen LogP contribution in [-0.2, 0) is 51.0 Å². The van der Waals surface area contributed by atoms with Crippen LogP contribution in [0.4, 0.5) is 26.3 Å². The van der Waals surface area contributed by atoms with Crippen molar-refractivity contribution in [3.8, 4) is 11.5 Å². The van der Waals surface area contributed by atoms with Gasteiger partial charge in [-0.2, -0.15) is 22.0 Å². The lowest BCUT2D eigenvalue weighted by Gasteiger charge is -2.36. The first-order valence-corrected chi connectivity index (χ1v) is 12.4. The lowest BCUT2D eigenvalue weighted by Crippen LogP contribution is -2.53. The minimum absolute atomic E-state index is 0.128. The molecule has 0 aromatic heterocycles. The number of hydrogen-bond donors (Lipinski definition) is 2. The van der Waals surface area contributed by atoms with Crippen molar-refractivity contribution in [3.63, 3.8) is 0 Å². The SMILES string of the molecule is CCOCc1cc(C(F)(c2cc(COCC)c(O)c(COCC)c2)C(F)(F)C(F)(F)F)cc(COCC)c1O. The van der Waals surface area contributed by atoms with Crippen molar-refractivity contribution in [2.45, 2.75) is 71.9 Å². The molecule has 6 nitrogen and oxygen atoms in total. The van der Waals surface area contributed by atoms with Gasteiger partial charge in [0.25, 0.3) is 0 Å². The maximum Gasteiger partial charge on any atom is 0.457 e.